The molecule has 0 saturated carbocycles. The number of fused-ring (bicyclic) bond motifs is 2. The fourth-order valence-corrected chi connectivity index (χ4v) is 3.82. The fraction of sp³-hybridized carbons (Fsp3) is 0.533. The van der Waals surface area contributed by atoms with E-state index in [9.17, 15) is 0 Å². The molecule has 0 aliphatic carbocycles. The van der Waals surface area contributed by atoms with Crippen LogP contribution in [0, 0.1) is 5.92 Å². The van der Waals surface area contributed by atoms with E-state index in [-0.39, 0.29) is 6.04 Å². The van der Waals surface area contributed by atoms with Crippen LogP contribution in [0.5, 0.6) is 5.75 Å². The highest BCUT2D eigenvalue weighted by molar-refractivity contribution is 5.95. The Morgan fingerprint density at radius 3 is 2.84 bits per heavy atom. The van der Waals surface area contributed by atoms with E-state index in [0.717, 1.165) is 5.75 Å². The summed E-state index contributed by atoms with van der Waals surface area (Å²) in [7, 11) is 1.74. The maximum Gasteiger partial charge on any atom is 0.124 e. The van der Waals surface area contributed by atoms with E-state index in [2.05, 4.69) is 27.6 Å². The van der Waals surface area contributed by atoms with E-state index >= 15 is 0 Å². The number of rotatable bonds is 2. The van der Waals surface area contributed by atoms with Crippen LogP contribution in [0.25, 0.3) is 0 Å². The molecule has 2 bridgehead atoms. The lowest BCUT2D eigenvalue weighted by atomic mass is 9.78. The molecule has 1 aromatic carbocycles. The lowest BCUT2D eigenvalue weighted by Gasteiger charge is -2.45. The van der Waals surface area contributed by atoms with Crippen LogP contribution in [0.4, 0.5) is 0 Å². The average molecular weight is 257 g/mol. The quantitative estimate of drug-likeness (QED) is 0.877. The van der Waals surface area contributed by atoms with Gasteiger partial charge in [0.25, 0.3) is 0 Å². The van der Waals surface area contributed by atoms with Gasteiger partial charge in [0.1, 0.15) is 5.75 Å². The molecule has 1 aromatic rings. The molecule has 4 heterocycles. The van der Waals surface area contributed by atoms with E-state index in [1.54, 1.807) is 7.11 Å². The molecular formula is C15H19N3O. The van der Waals surface area contributed by atoms with Gasteiger partial charge in [-0.05, 0) is 32.0 Å². The van der Waals surface area contributed by atoms with Crippen molar-refractivity contribution in [2.45, 2.75) is 24.9 Å². The van der Waals surface area contributed by atoms with Crippen molar-refractivity contribution in [2.24, 2.45) is 11.0 Å². The standard InChI is InChI=1S/C15H19N3O/c1-19-12-5-3-2-4-11(12)14-15-13(16-17-14)10-6-8-18(15)9-7-10/h2-5,10,14-15,17H,6-9H2,1H3. The van der Waals surface area contributed by atoms with E-state index in [1.165, 1.54) is 37.2 Å². The number of nitrogens with one attached hydrogen (secondary N) is 1. The smallest absolute Gasteiger partial charge is 0.124 e. The summed E-state index contributed by atoms with van der Waals surface area (Å²) in [5.74, 6) is 1.65. The number of piperidine rings is 3. The van der Waals surface area contributed by atoms with Gasteiger partial charge in [-0.3, -0.25) is 4.90 Å². The molecule has 4 aliphatic rings. The molecule has 1 N–H and O–H groups in total. The minimum atomic E-state index is 0.245. The first kappa shape index (κ1) is 11.3. The zero-order valence-corrected chi connectivity index (χ0v) is 11.2. The van der Waals surface area contributed by atoms with E-state index in [1.807, 2.05) is 12.1 Å². The Bertz CT molecular complexity index is 520. The van der Waals surface area contributed by atoms with Gasteiger partial charge in [0.2, 0.25) is 0 Å². The van der Waals surface area contributed by atoms with Crippen LogP contribution in [-0.4, -0.2) is 36.9 Å². The Hall–Kier alpha value is -1.55. The first-order chi connectivity index (χ1) is 9.38. The summed E-state index contributed by atoms with van der Waals surface area (Å²) < 4.78 is 5.51. The molecule has 4 nitrogen and oxygen atoms in total. The predicted octanol–water partition coefficient (Wildman–Crippen LogP) is 1.79. The topological polar surface area (TPSA) is 36.9 Å². The molecule has 0 aromatic heterocycles. The van der Waals surface area contributed by atoms with Crippen molar-refractivity contribution in [2.75, 3.05) is 20.2 Å². The van der Waals surface area contributed by atoms with Gasteiger partial charge in [0.15, 0.2) is 0 Å². The summed E-state index contributed by atoms with van der Waals surface area (Å²) in [5.41, 5.74) is 5.95. The van der Waals surface area contributed by atoms with Gasteiger partial charge in [-0.1, -0.05) is 18.2 Å². The Morgan fingerprint density at radius 1 is 1.26 bits per heavy atom. The van der Waals surface area contributed by atoms with E-state index < -0.39 is 0 Å². The Morgan fingerprint density at radius 2 is 2.05 bits per heavy atom. The van der Waals surface area contributed by atoms with Crippen LogP contribution in [-0.2, 0) is 0 Å². The van der Waals surface area contributed by atoms with Crippen molar-refractivity contribution < 1.29 is 4.74 Å². The SMILES string of the molecule is COc1ccccc1C1NN=C2C3CCN(CC3)C21. The van der Waals surface area contributed by atoms with Gasteiger partial charge >= 0.3 is 0 Å². The van der Waals surface area contributed by atoms with Crippen molar-refractivity contribution in [3.63, 3.8) is 0 Å². The third-order valence-electron chi connectivity index (χ3n) is 4.77. The third kappa shape index (κ3) is 1.59. The predicted molar refractivity (Wildman–Crippen MR) is 74.4 cm³/mol. The Balaban J connectivity index is 1.71. The van der Waals surface area contributed by atoms with Crippen molar-refractivity contribution in [3.05, 3.63) is 29.8 Å². The fourth-order valence-electron chi connectivity index (χ4n) is 3.82. The molecule has 0 radical (unpaired) electrons. The highest BCUT2D eigenvalue weighted by Gasteiger charge is 2.47. The van der Waals surface area contributed by atoms with Crippen molar-refractivity contribution in [3.8, 4) is 5.75 Å². The second-order valence-electron chi connectivity index (χ2n) is 5.64. The normalized spacial score (nSPS) is 35.5. The van der Waals surface area contributed by atoms with Gasteiger partial charge in [0, 0.05) is 11.5 Å². The van der Waals surface area contributed by atoms with Gasteiger partial charge in [0.05, 0.1) is 24.9 Å². The molecule has 2 atom stereocenters. The van der Waals surface area contributed by atoms with Gasteiger partial charge in [-0.2, -0.15) is 5.10 Å². The molecule has 4 heteroatoms. The second-order valence-corrected chi connectivity index (χ2v) is 5.64. The maximum absolute atomic E-state index is 5.51. The zero-order valence-electron chi connectivity index (χ0n) is 11.2. The van der Waals surface area contributed by atoms with Crippen molar-refractivity contribution in [1.82, 2.24) is 10.3 Å². The molecular weight excluding hydrogens is 238 g/mol. The number of methoxy groups -OCH3 is 1. The molecule has 0 spiro atoms. The van der Waals surface area contributed by atoms with Gasteiger partial charge in [-0.15, -0.1) is 0 Å². The number of hydrogen-bond donors (Lipinski definition) is 1. The monoisotopic (exact) mass is 257 g/mol. The zero-order chi connectivity index (χ0) is 12.8. The van der Waals surface area contributed by atoms with Gasteiger partial charge < -0.3 is 10.2 Å². The van der Waals surface area contributed by atoms with Crippen LogP contribution in [0.15, 0.2) is 29.4 Å². The van der Waals surface area contributed by atoms with E-state index in [4.69, 9.17) is 4.74 Å². The number of benzene rings is 1. The summed E-state index contributed by atoms with van der Waals surface area (Å²) >= 11 is 0. The van der Waals surface area contributed by atoms with Crippen LogP contribution in [0.2, 0.25) is 0 Å². The van der Waals surface area contributed by atoms with Crippen LogP contribution < -0.4 is 10.2 Å². The highest BCUT2D eigenvalue weighted by atomic mass is 16.5. The molecule has 3 saturated heterocycles. The highest BCUT2D eigenvalue weighted by Crippen LogP contribution is 2.40. The molecule has 3 fully saturated rings. The summed E-state index contributed by atoms with van der Waals surface area (Å²) in [5, 5.41) is 4.64. The lowest BCUT2D eigenvalue weighted by molar-refractivity contribution is 0.133. The number of ether oxygens (including phenoxy) is 1. The maximum atomic E-state index is 5.51. The van der Waals surface area contributed by atoms with Crippen LogP contribution >= 0.6 is 0 Å². The first-order valence-electron chi connectivity index (χ1n) is 7.08. The number of hydrogen-bond acceptors (Lipinski definition) is 4. The Kier molecular flexibility index (Phi) is 2.52. The number of hydrazone groups is 1. The summed E-state index contributed by atoms with van der Waals surface area (Å²) in [6, 6.07) is 8.96. The van der Waals surface area contributed by atoms with Crippen molar-refractivity contribution >= 4 is 5.71 Å². The first-order valence-corrected chi connectivity index (χ1v) is 7.08. The summed E-state index contributed by atoms with van der Waals surface area (Å²) in [4.78, 5) is 2.58. The minimum Gasteiger partial charge on any atom is -0.496 e. The molecule has 5 rings (SSSR count). The largest absolute Gasteiger partial charge is 0.496 e. The van der Waals surface area contributed by atoms with Gasteiger partial charge in [-0.25, -0.2) is 0 Å². The molecule has 2 unspecified atom stereocenters. The van der Waals surface area contributed by atoms with Crippen molar-refractivity contribution in [1.29, 1.82) is 0 Å². The summed E-state index contributed by atoms with van der Waals surface area (Å²) in [6.45, 7) is 2.42. The third-order valence-corrected chi connectivity index (χ3v) is 4.77. The number of para-hydroxylation sites is 1. The molecule has 0 amide bonds. The Labute approximate surface area is 113 Å². The molecule has 4 aliphatic heterocycles. The lowest BCUT2D eigenvalue weighted by Crippen LogP contribution is -2.56. The second kappa shape index (κ2) is 4.23. The average Bonchev–Trinajstić information content (AvgIpc) is 2.95. The van der Waals surface area contributed by atoms with E-state index in [0.29, 0.717) is 12.0 Å². The summed E-state index contributed by atoms with van der Waals surface area (Å²) in [6.07, 6.45) is 2.55. The number of nitrogens with zero attached hydrogens (tertiary/aromatic N) is 2. The van der Waals surface area contributed by atoms with Crippen LogP contribution in [0.3, 0.4) is 0 Å². The minimum absolute atomic E-state index is 0.245. The molecule has 100 valence electrons. The molecule has 19 heavy (non-hydrogen) atoms. The van der Waals surface area contributed by atoms with Crippen LogP contribution in [0.1, 0.15) is 24.4 Å².